The molecule has 0 aromatic carbocycles. The average molecular weight is 276 g/mol. The molecule has 2 saturated heterocycles. The van der Waals surface area contributed by atoms with E-state index in [1.807, 2.05) is 0 Å². The van der Waals surface area contributed by atoms with Gasteiger partial charge < -0.3 is 10.2 Å². The third-order valence-electron chi connectivity index (χ3n) is 3.80. The Morgan fingerprint density at radius 2 is 2.06 bits per heavy atom. The van der Waals surface area contributed by atoms with Gasteiger partial charge in [0.25, 0.3) is 0 Å². The van der Waals surface area contributed by atoms with Gasteiger partial charge in [-0.15, -0.1) is 12.4 Å². The number of amides is 1. The van der Waals surface area contributed by atoms with Crippen molar-refractivity contribution in [2.75, 3.05) is 45.8 Å². The van der Waals surface area contributed by atoms with Crippen LogP contribution < -0.4 is 5.32 Å². The molecule has 18 heavy (non-hydrogen) atoms. The number of carbonyl (C=O) groups is 1. The average Bonchev–Trinajstić information content (AvgIpc) is 2.57. The number of likely N-dealkylation sites (tertiary alicyclic amines) is 1. The number of hydrogen-bond donors (Lipinski definition) is 1. The maximum absolute atomic E-state index is 12.2. The fraction of sp³-hybridized carbons (Fsp3) is 0.923. The van der Waals surface area contributed by atoms with Crippen LogP contribution in [0.15, 0.2) is 0 Å². The zero-order valence-corrected chi connectivity index (χ0v) is 12.2. The molecular weight excluding hydrogens is 250 g/mol. The van der Waals surface area contributed by atoms with Gasteiger partial charge in [0.05, 0.1) is 6.54 Å². The molecule has 0 saturated carbocycles. The molecule has 4 nitrogen and oxygen atoms in total. The third-order valence-corrected chi connectivity index (χ3v) is 3.80. The molecule has 0 aromatic heterocycles. The van der Waals surface area contributed by atoms with Crippen molar-refractivity contribution in [3.63, 3.8) is 0 Å². The van der Waals surface area contributed by atoms with E-state index in [4.69, 9.17) is 0 Å². The molecule has 0 spiro atoms. The number of piperidine rings is 1. The molecule has 2 aliphatic heterocycles. The van der Waals surface area contributed by atoms with Crippen LogP contribution >= 0.6 is 12.4 Å². The lowest BCUT2D eigenvalue weighted by Gasteiger charge is -2.32. The molecule has 1 atom stereocenters. The topological polar surface area (TPSA) is 35.6 Å². The largest absolute Gasteiger partial charge is 0.341 e. The second-order valence-corrected chi connectivity index (χ2v) is 5.47. The summed E-state index contributed by atoms with van der Waals surface area (Å²) in [7, 11) is 0. The Morgan fingerprint density at radius 1 is 1.22 bits per heavy atom. The first-order chi connectivity index (χ1) is 8.25. The highest BCUT2D eigenvalue weighted by Crippen LogP contribution is 2.15. The summed E-state index contributed by atoms with van der Waals surface area (Å²) in [6, 6.07) is 0. The predicted molar refractivity (Wildman–Crippen MR) is 76.2 cm³/mol. The van der Waals surface area contributed by atoms with Gasteiger partial charge in [0, 0.05) is 26.2 Å². The van der Waals surface area contributed by atoms with Crippen molar-refractivity contribution in [3.05, 3.63) is 0 Å². The van der Waals surface area contributed by atoms with E-state index in [-0.39, 0.29) is 12.4 Å². The van der Waals surface area contributed by atoms with Crippen LogP contribution in [-0.4, -0.2) is 61.5 Å². The first kappa shape index (κ1) is 15.7. The summed E-state index contributed by atoms with van der Waals surface area (Å²) in [6.45, 7) is 8.97. The normalized spacial score (nSPS) is 26.3. The van der Waals surface area contributed by atoms with Gasteiger partial charge in [0.15, 0.2) is 0 Å². The molecule has 0 radical (unpaired) electrons. The Morgan fingerprint density at radius 3 is 2.83 bits per heavy atom. The third kappa shape index (κ3) is 4.75. The van der Waals surface area contributed by atoms with Crippen LogP contribution in [0.3, 0.4) is 0 Å². The van der Waals surface area contributed by atoms with Crippen LogP contribution in [0.5, 0.6) is 0 Å². The Balaban J connectivity index is 0.00000162. The smallest absolute Gasteiger partial charge is 0.236 e. The summed E-state index contributed by atoms with van der Waals surface area (Å²) < 4.78 is 0. The van der Waals surface area contributed by atoms with Crippen molar-refractivity contribution in [2.45, 2.75) is 26.2 Å². The van der Waals surface area contributed by atoms with E-state index in [2.05, 4.69) is 22.0 Å². The van der Waals surface area contributed by atoms with Crippen LogP contribution in [0.2, 0.25) is 0 Å². The highest BCUT2D eigenvalue weighted by Gasteiger charge is 2.22. The van der Waals surface area contributed by atoms with Crippen molar-refractivity contribution >= 4 is 18.3 Å². The quantitative estimate of drug-likeness (QED) is 0.816. The highest BCUT2D eigenvalue weighted by molar-refractivity contribution is 5.85. The lowest BCUT2D eigenvalue weighted by Crippen LogP contribution is -2.45. The molecule has 106 valence electrons. The Bertz CT molecular complexity index is 255. The van der Waals surface area contributed by atoms with Crippen molar-refractivity contribution < 1.29 is 4.79 Å². The summed E-state index contributed by atoms with van der Waals surface area (Å²) in [6.07, 6.45) is 3.61. The molecule has 1 unspecified atom stereocenters. The lowest BCUT2D eigenvalue weighted by atomic mass is 10.0. The van der Waals surface area contributed by atoms with E-state index in [1.54, 1.807) is 0 Å². The zero-order chi connectivity index (χ0) is 12.1. The monoisotopic (exact) mass is 275 g/mol. The number of nitrogens with one attached hydrogen (secondary N) is 1. The van der Waals surface area contributed by atoms with Gasteiger partial charge in [-0.3, -0.25) is 9.69 Å². The molecular formula is C13H26ClN3O. The first-order valence-corrected chi connectivity index (χ1v) is 6.96. The molecule has 2 aliphatic rings. The molecule has 2 fully saturated rings. The van der Waals surface area contributed by atoms with E-state index in [0.29, 0.717) is 18.4 Å². The minimum absolute atomic E-state index is 0. The maximum Gasteiger partial charge on any atom is 0.236 e. The van der Waals surface area contributed by atoms with Crippen LogP contribution in [-0.2, 0) is 4.79 Å². The Labute approximate surface area is 116 Å². The zero-order valence-electron chi connectivity index (χ0n) is 11.4. The second kappa shape index (κ2) is 7.97. The van der Waals surface area contributed by atoms with Crippen molar-refractivity contribution in [1.29, 1.82) is 0 Å². The second-order valence-electron chi connectivity index (χ2n) is 5.47. The van der Waals surface area contributed by atoms with E-state index < -0.39 is 0 Å². The number of nitrogens with zero attached hydrogens (tertiary/aromatic N) is 2. The molecule has 0 aliphatic carbocycles. The molecule has 5 heteroatoms. The number of hydrogen-bond acceptors (Lipinski definition) is 3. The Kier molecular flexibility index (Phi) is 6.97. The van der Waals surface area contributed by atoms with Gasteiger partial charge in [-0.05, 0) is 38.3 Å². The summed E-state index contributed by atoms with van der Waals surface area (Å²) in [5.41, 5.74) is 0. The van der Waals surface area contributed by atoms with Gasteiger partial charge in [-0.1, -0.05) is 6.92 Å². The number of rotatable bonds is 2. The van der Waals surface area contributed by atoms with E-state index >= 15 is 0 Å². The summed E-state index contributed by atoms with van der Waals surface area (Å²) >= 11 is 0. The molecule has 0 aromatic rings. The van der Waals surface area contributed by atoms with Crippen molar-refractivity contribution in [1.82, 2.24) is 15.1 Å². The summed E-state index contributed by atoms with van der Waals surface area (Å²) in [5, 5.41) is 3.37. The SMILES string of the molecule is CC1CCCN(C(=O)CN2CCCNCC2)C1.Cl. The van der Waals surface area contributed by atoms with E-state index in [1.165, 1.54) is 12.8 Å². The van der Waals surface area contributed by atoms with Crippen LogP contribution in [0.4, 0.5) is 0 Å². The first-order valence-electron chi connectivity index (χ1n) is 6.96. The van der Waals surface area contributed by atoms with Gasteiger partial charge in [-0.2, -0.15) is 0 Å². The number of halogens is 1. The number of carbonyl (C=O) groups excluding carboxylic acids is 1. The van der Waals surface area contributed by atoms with E-state index in [9.17, 15) is 4.79 Å². The van der Waals surface area contributed by atoms with Crippen molar-refractivity contribution in [3.8, 4) is 0 Å². The van der Waals surface area contributed by atoms with Gasteiger partial charge >= 0.3 is 0 Å². The lowest BCUT2D eigenvalue weighted by molar-refractivity contribution is -0.134. The fourth-order valence-corrected chi connectivity index (χ4v) is 2.77. The van der Waals surface area contributed by atoms with Gasteiger partial charge in [-0.25, -0.2) is 0 Å². The van der Waals surface area contributed by atoms with Crippen LogP contribution in [0, 0.1) is 5.92 Å². The fourth-order valence-electron chi connectivity index (χ4n) is 2.77. The molecule has 2 rings (SSSR count). The minimum atomic E-state index is 0. The van der Waals surface area contributed by atoms with Gasteiger partial charge in [0.1, 0.15) is 0 Å². The molecule has 0 bridgehead atoms. The standard InChI is InChI=1S/C13H25N3O.ClH/c1-12-4-2-8-16(10-12)13(17)11-15-7-3-5-14-6-9-15;/h12,14H,2-11H2,1H3;1H. The summed E-state index contributed by atoms with van der Waals surface area (Å²) in [4.78, 5) is 16.5. The Hall–Kier alpha value is -0.320. The molecule has 1 N–H and O–H groups in total. The maximum atomic E-state index is 12.2. The predicted octanol–water partition coefficient (Wildman–Crippen LogP) is 0.962. The van der Waals surface area contributed by atoms with Crippen LogP contribution in [0.25, 0.3) is 0 Å². The minimum Gasteiger partial charge on any atom is -0.341 e. The van der Waals surface area contributed by atoms with Crippen molar-refractivity contribution in [2.24, 2.45) is 5.92 Å². The summed E-state index contributed by atoms with van der Waals surface area (Å²) in [5.74, 6) is 1.01. The van der Waals surface area contributed by atoms with Gasteiger partial charge in [0.2, 0.25) is 5.91 Å². The van der Waals surface area contributed by atoms with E-state index in [0.717, 1.165) is 45.7 Å². The van der Waals surface area contributed by atoms with Crippen LogP contribution in [0.1, 0.15) is 26.2 Å². The molecule has 2 heterocycles. The molecule has 1 amide bonds. The highest BCUT2D eigenvalue weighted by atomic mass is 35.5.